The van der Waals surface area contributed by atoms with Crippen molar-refractivity contribution in [2.24, 2.45) is 5.92 Å². The number of carbonyl (C=O) groups is 1. The minimum absolute atomic E-state index is 0.202. The number of rotatable bonds is 5. The number of aliphatic hydroxyl groups is 2. The summed E-state index contributed by atoms with van der Waals surface area (Å²) in [4.78, 5) is 14.4. The lowest BCUT2D eigenvalue weighted by Gasteiger charge is -2.32. The van der Waals surface area contributed by atoms with Crippen molar-refractivity contribution in [1.29, 1.82) is 0 Å². The van der Waals surface area contributed by atoms with Gasteiger partial charge in [-0.15, -0.1) is 0 Å². The summed E-state index contributed by atoms with van der Waals surface area (Å²) in [6, 6.07) is 0.560. The summed E-state index contributed by atoms with van der Waals surface area (Å²) in [7, 11) is 0. The van der Waals surface area contributed by atoms with Crippen LogP contribution < -0.4 is 0 Å². The predicted molar refractivity (Wildman–Crippen MR) is 74.9 cm³/mol. The molecule has 114 valence electrons. The van der Waals surface area contributed by atoms with E-state index in [1.54, 1.807) is 13.8 Å². The summed E-state index contributed by atoms with van der Waals surface area (Å²) in [5.74, 6) is -1.15. The van der Waals surface area contributed by atoms with Crippen LogP contribution in [-0.2, 0) is 9.53 Å². The summed E-state index contributed by atoms with van der Waals surface area (Å²) in [6.45, 7) is 6.07. The largest absolute Gasteiger partial charge is 0.459 e. The highest BCUT2D eigenvalue weighted by Gasteiger charge is 2.45. The average Bonchev–Trinajstić information content (AvgIpc) is 2.94. The predicted octanol–water partition coefficient (Wildman–Crippen LogP) is 1.05. The Balaban J connectivity index is 1.92. The summed E-state index contributed by atoms with van der Waals surface area (Å²) in [5, 5.41) is 20.0. The van der Waals surface area contributed by atoms with Crippen LogP contribution in [0.15, 0.2) is 11.8 Å². The average molecular weight is 283 g/mol. The fraction of sp³-hybridized carbons (Fsp3) is 0.800. The minimum atomic E-state index is -1.84. The number of fused-ring (bicyclic) bond motifs is 1. The van der Waals surface area contributed by atoms with E-state index in [1.165, 1.54) is 19.8 Å². The Morgan fingerprint density at radius 1 is 1.55 bits per heavy atom. The molecule has 0 aromatic carbocycles. The molecule has 2 N–H and O–H groups in total. The van der Waals surface area contributed by atoms with Gasteiger partial charge in [-0.2, -0.15) is 0 Å². The number of aliphatic hydroxyl groups excluding tert-OH is 1. The summed E-state index contributed by atoms with van der Waals surface area (Å²) in [6.07, 6.45) is 4.26. The Kier molecular flexibility index (Phi) is 4.39. The third kappa shape index (κ3) is 2.69. The van der Waals surface area contributed by atoms with Crippen molar-refractivity contribution in [3.8, 4) is 0 Å². The third-order valence-corrected chi connectivity index (χ3v) is 4.50. The highest BCUT2D eigenvalue weighted by Crippen LogP contribution is 2.31. The van der Waals surface area contributed by atoms with Crippen molar-refractivity contribution in [1.82, 2.24) is 4.90 Å². The van der Waals surface area contributed by atoms with Crippen molar-refractivity contribution in [2.75, 3.05) is 13.2 Å². The first kappa shape index (κ1) is 15.3. The number of nitrogens with zero attached hydrogens (tertiary/aromatic N) is 1. The second-order valence-electron chi connectivity index (χ2n) is 6.26. The van der Waals surface area contributed by atoms with Crippen molar-refractivity contribution in [3.63, 3.8) is 0 Å². The van der Waals surface area contributed by atoms with Gasteiger partial charge in [0.2, 0.25) is 0 Å². The molecule has 3 atom stereocenters. The van der Waals surface area contributed by atoms with Crippen LogP contribution in [0.25, 0.3) is 0 Å². The highest BCUT2D eigenvalue weighted by molar-refractivity contribution is 5.80. The van der Waals surface area contributed by atoms with E-state index in [4.69, 9.17) is 4.74 Å². The molecule has 2 aliphatic rings. The van der Waals surface area contributed by atoms with E-state index in [0.29, 0.717) is 6.04 Å². The second-order valence-corrected chi connectivity index (χ2v) is 6.26. The Bertz CT molecular complexity index is 395. The number of hydrogen-bond donors (Lipinski definition) is 2. The maximum absolute atomic E-state index is 12.1. The SMILES string of the molecule is CC(C)[C@@](O)(C(=O)OCC1=CN2CCCC2C1)[C@@H](C)O. The zero-order chi connectivity index (χ0) is 14.9. The molecule has 0 aliphatic carbocycles. The van der Waals surface area contributed by atoms with Crippen LogP contribution in [0.2, 0.25) is 0 Å². The quantitative estimate of drug-likeness (QED) is 0.738. The van der Waals surface area contributed by atoms with E-state index in [2.05, 4.69) is 11.1 Å². The van der Waals surface area contributed by atoms with Crippen molar-refractivity contribution >= 4 is 5.97 Å². The molecule has 5 heteroatoms. The van der Waals surface area contributed by atoms with Gasteiger partial charge in [0.15, 0.2) is 5.60 Å². The van der Waals surface area contributed by atoms with Crippen molar-refractivity contribution in [3.05, 3.63) is 11.8 Å². The Labute approximate surface area is 120 Å². The van der Waals surface area contributed by atoms with Gasteiger partial charge < -0.3 is 19.8 Å². The van der Waals surface area contributed by atoms with E-state index < -0.39 is 23.6 Å². The smallest absolute Gasteiger partial charge is 0.341 e. The molecule has 20 heavy (non-hydrogen) atoms. The molecule has 5 nitrogen and oxygen atoms in total. The fourth-order valence-corrected chi connectivity index (χ4v) is 3.10. The van der Waals surface area contributed by atoms with Crippen LogP contribution >= 0.6 is 0 Å². The molecule has 1 saturated heterocycles. The molecule has 0 aromatic heterocycles. The first-order valence-corrected chi connectivity index (χ1v) is 7.38. The van der Waals surface area contributed by atoms with Crippen LogP contribution in [0.4, 0.5) is 0 Å². The number of ether oxygens (including phenoxy) is 1. The number of esters is 1. The monoisotopic (exact) mass is 283 g/mol. The molecule has 1 fully saturated rings. The summed E-state index contributed by atoms with van der Waals surface area (Å²) >= 11 is 0. The van der Waals surface area contributed by atoms with Crippen LogP contribution in [0.1, 0.15) is 40.0 Å². The van der Waals surface area contributed by atoms with Gasteiger partial charge in [-0.05, 0) is 37.7 Å². The lowest BCUT2D eigenvalue weighted by molar-refractivity contribution is -0.183. The van der Waals surface area contributed by atoms with Crippen molar-refractivity contribution in [2.45, 2.75) is 57.8 Å². The van der Waals surface area contributed by atoms with E-state index in [9.17, 15) is 15.0 Å². The highest BCUT2D eigenvalue weighted by atomic mass is 16.6. The molecule has 0 spiro atoms. The Morgan fingerprint density at radius 3 is 2.80 bits per heavy atom. The molecule has 0 bridgehead atoms. The Hall–Kier alpha value is -1.07. The molecule has 2 heterocycles. The topological polar surface area (TPSA) is 70.0 Å². The number of hydrogen-bond acceptors (Lipinski definition) is 5. The lowest BCUT2D eigenvalue weighted by Crippen LogP contribution is -2.53. The fourth-order valence-electron chi connectivity index (χ4n) is 3.10. The molecular formula is C15H25NO4. The van der Waals surface area contributed by atoms with E-state index in [0.717, 1.165) is 18.5 Å². The third-order valence-electron chi connectivity index (χ3n) is 4.50. The van der Waals surface area contributed by atoms with Gasteiger partial charge in [0.25, 0.3) is 0 Å². The van der Waals surface area contributed by atoms with Crippen molar-refractivity contribution < 1.29 is 19.7 Å². The summed E-state index contributed by atoms with van der Waals surface area (Å²) in [5.41, 5.74) is -0.755. The van der Waals surface area contributed by atoms with Gasteiger partial charge in [-0.3, -0.25) is 0 Å². The lowest BCUT2D eigenvalue weighted by atomic mass is 9.85. The van der Waals surface area contributed by atoms with Crippen LogP contribution in [0, 0.1) is 5.92 Å². The first-order valence-electron chi connectivity index (χ1n) is 7.38. The van der Waals surface area contributed by atoms with E-state index >= 15 is 0 Å². The molecule has 0 saturated carbocycles. The molecule has 2 aliphatic heterocycles. The van der Waals surface area contributed by atoms with Gasteiger partial charge in [0, 0.05) is 18.8 Å². The molecule has 1 unspecified atom stereocenters. The normalized spacial score (nSPS) is 26.2. The maximum Gasteiger partial charge on any atom is 0.341 e. The zero-order valence-corrected chi connectivity index (χ0v) is 12.5. The van der Waals surface area contributed by atoms with Gasteiger partial charge in [-0.25, -0.2) is 4.79 Å². The van der Waals surface area contributed by atoms with Gasteiger partial charge in [0.1, 0.15) is 6.61 Å². The molecule has 0 amide bonds. The minimum Gasteiger partial charge on any atom is -0.459 e. The standard InChI is InChI=1S/C15H25NO4/c1-10(2)15(19,11(3)17)14(18)20-9-12-7-13-5-4-6-16(13)8-12/h8,10-11,13,17,19H,4-7,9H2,1-3H3/t11-,13?,15+/m1/s1. The molecule has 0 radical (unpaired) electrons. The molecule has 0 aromatic rings. The zero-order valence-electron chi connectivity index (χ0n) is 12.5. The van der Waals surface area contributed by atoms with Crippen LogP contribution in [-0.4, -0.2) is 52.0 Å². The van der Waals surface area contributed by atoms with Crippen LogP contribution in [0.3, 0.4) is 0 Å². The van der Waals surface area contributed by atoms with Gasteiger partial charge >= 0.3 is 5.97 Å². The van der Waals surface area contributed by atoms with E-state index in [-0.39, 0.29) is 6.61 Å². The summed E-state index contributed by atoms with van der Waals surface area (Å²) < 4.78 is 5.24. The maximum atomic E-state index is 12.1. The van der Waals surface area contributed by atoms with Gasteiger partial charge in [-0.1, -0.05) is 13.8 Å². The second kappa shape index (κ2) is 5.74. The molecular weight excluding hydrogens is 258 g/mol. The number of carbonyl (C=O) groups excluding carboxylic acids is 1. The molecule has 2 rings (SSSR count). The van der Waals surface area contributed by atoms with E-state index in [1.807, 2.05) is 0 Å². The first-order chi connectivity index (χ1) is 9.35. The Morgan fingerprint density at radius 2 is 2.25 bits per heavy atom. The van der Waals surface area contributed by atoms with Gasteiger partial charge in [0.05, 0.1) is 6.10 Å². The van der Waals surface area contributed by atoms with Crippen LogP contribution in [0.5, 0.6) is 0 Å².